The van der Waals surface area contributed by atoms with Crippen LogP contribution in [-0.2, 0) is 4.74 Å². The number of carbonyl (C=O) groups is 1. The molecular weight excluding hydrogens is 234 g/mol. The van der Waals surface area contributed by atoms with Gasteiger partial charge < -0.3 is 10.1 Å². The van der Waals surface area contributed by atoms with E-state index in [-0.39, 0.29) is 5.69 Å². The number of aromatic nitrogens is 4. The number of nitrogens with one attached hydrogen (secondary N) is 1. The highest BCUT2D eigenvalue weighted by Gasteiger charge is 2.15. The molecule has 0 fully saturated rings. The molecule has 0 aliphatic rings. The van der Waals surface area contributed by atoms with Crippen LogP contribution in [0.15, 0.2) is 24.9 Å². The molecular formula is C11H11N5O2. The molecule has 0 amide bonds. The van der Waals surface area contributed by atoms with E-state index in [4.69, 9.17) is 0 Å². The Balaban J connectivity index is 2.35. The summed E-state index contributed by atoms with van der Waals surface area (Å²) >= 11 is 0. The first-order valence-corrected chi connectivity index (χ1v) is 5.14. The van der Waals surface area contributed by atoms with Gasteiger partial charge in [0, 0.05) is 0 Å². The topological polar surface area (TPSA) is 89.9 Å². The van der Waals surface area contributed by atoms with E-state index in [0.717, 1.165) is 0 Å². The monoisotopic (exact) mass is 245 g/mol. The van der Waals surface area contributed by atoms with Crippen molar-refractivity contribution in [3.05, 3.63) is 36.4 Å². The summed E-state index contributed by atoms with van der Waals surface area (Å²) in [6, 6.07) is 0. The fourth-order valence-corrected chi connectivity index (χ4v) is 1.33. The fraction of sp³-hybridized carbons (Fsp3) is 0.182. The van der Waals surface area contributed by atoms with Crippen LogP contribution >= 0.6 is 0 Å². The smallest absolute Gasteiger partial charge is 0.358 e. The lowest BCUT2D eigenvalue weighted by molar-refractivity contribution is 0.0595. The van der Waals surface area contributed by atoms with Crippen LogP contribution in [0.25, 0.3) is 0 Å². The Labute approximate surface area is 103 Å². The predicted octanol–water partition coefficient (Wildman–Crippen LogP) is 1.11. The van der Waals surface area contributed by atoms with Gasteiger partial charge in [-0.1, -0.05) is 0 Å². The van der Waals surface area contributed by atoms with Crippen LogP contribution in [-0.4, -0.2) is 33.0 Å². The highest BCUT2D eigenvalue weighted by atomic mass is 16.5. The minimum atomic E-state index is -0.528. The van der Waals surface area contributed by atoms with Crippen molar-refractivity contribution in [2.45, 2.75) is 6.92 Å². The van der Waals surface area contributed by atoms with E-state index in [1.54, 1.807) is 19.3 Å². The molecule has 0 atom stereocenters. The predicted molar refractivity (Wildman–Crippen MR) is 63.4 cm³/mol. The Kier molecular flexibility index (Phi) is 3.42. The summed E-state index contributed by atoms with van der Waals surface area (Å²) in [5, 5.41) is 2.96. The Morgan fingerprint density at radius 2 is 2.00 bits per heavy atom. The molecule has 0 unspecified atom stereocenters. The van der Waals surface area contributed by atoms with Crippen LogP contribution in [0.1, 0.15) is 16.3 Å². The van der Waals surface area contributed by atoms with Gasteiger partial charge in [-0.3, -0.25) is 0 Å². The molecule has 0 aromatic carbocycles. The van der Waals surface area contributed by atoms with Gasteiger partial charge in [0.1, 0.15) is 12.2 Å². The Hall–Kier alpha value is -2.57. The number of rotatable bonds is 3. The maximum absolute atomic E-state index is 11.6. The molecule has 1 N–H and O–H groups in total. The Morgan fingerprint density at radius 3 is 2.67 bits per heavy atom. The van der Waals surface area contributed by atoms with Crippen LogP contribution in [0, 0.1) is 6.92 Å². The van der Waals surface area contributed by atoms with Gasteiger partial charge in [-0.2, -0.15) is 0 Å². The van der Waals surface area contributed by atoms with Crippen molar-refractivity contribution >= 4 is 17.3 Å². The van der Waals surface area contributed by atoms with Gasteiger partial charge >= 0.3 is 5.97 Å². The van der Waals surface area contributed by atoms with Crippen molar-refractivity contribution in [3.63, 3.8) is 0 Å². The number of methoxy groups -OCH3 is 1. The molecule has 0 spiro atoms. The van der Waals surface area contributed by atoms with Crippen LogP contribution in [0.2, 0.25) is 0 Å². The van der Waals surface area contributed by atoms with Crippen molar-refractivity contribution in [3.8, 4) is 0 Å². The summed E-state index contributed by atoms with van der Waals surface area (Å²) in [4.78, 5) is 27.4. The lowest BCUT2D eigenvalue weighted by atomic mass is 10.3. The van der Waals surface area contributed by atoms with E-state index in [1.165, 1.54) is 19.6 Å². The molecule has 0 aliphatic heterocycles. The fourth-order valence-electron chi connectivity index (χ4n) is 1.33. The second-order valence-corrected chi connectivity index (χ2v) is 3.42. The molecule has 92 valence electrons. The van der Waals surface area contributed by atoms with E-state index in [9.17, 15) is 4.79 Å². The molecule has 7 nitrogen and oxygen atoms in total. The zero-order valence-electron chi connectivity index (χ0n) is 9.91. The standard InChI is InChI=1S/C11H11N5O2/c1-7-14-5-9(10(15-7)11(17)18-2)16-8-3-12-6-13-4-8/h3-6,16H,1-2H3. The number of carbonyl (C=O) groups excluding carboxylic acids is 1. The summed E-state index contributed by atoms with van der Waals surface area (Å²) < 4.78 is 4.67. The third-order valence-corrected chi connectivity index (χ3v) is 2.13. The van der Waals surface area contributed by atoms with Crippen molar-refractivity contribution in [2.75, 3.05) is 12.4 Å². The van der Waals surface area contributed by atoms with Gasteiger partial charge in [0.15, 0.2) is 5.69 Å². The molecule has 2 heterocycles. The van der Waals surface area contributed by atoms with Gasteiger partial charge in [-0.05, 0) is 6.92 Å². The number of ether oxygens (including phenoxy) is 1. The summed E-state index contributed by atoms with van der Waals surface area (Å²) in [6.07, 6.45) is 6.08. The average Bonchev–Trinajstić information content (AvgIpc) is 2.41. The third kappa shape index (κ3) is 2.57. The first kappa shape index (κ1) is 11.9. The molecule has 7 heteroatoms. The van der Waals surface area contributed by atoms with Gasteiger partial charge in [0.05, 0.1) is 37.1 Å². The van der Waals surface area contributed by atoms with Crippen molar-refractivity contribution in [2.24, 2.45) is 0 Å². The molecule has 0 saturated heterocycles. The number of hydrogen-bond acceptors (Lipinski definition) is 7. The summed E-state index contributed by atoms with van der Waals surface area (Å²) in [7, 11) is 1.30. The normalized spacial score (nSPS) is 9.89. The molecule has 18 heavy (non-hydrogen) atoms. The lowest BCUT2D eigenvalue weighted by Crippen LogP contribution is -2.10. The summed E-state index contributed by atoms with van der Waals surface area (Å²) in [6.45, 7) is 1.70. The maximum atomic E-state index is 11.6. The summed E-state index contributed by atoms with van der Waals surface area (Å²) in [5.41, 5.74) is 1.26. The van der Waals surface area contributed by atoms with E-state index in [1.807, 2.05) is 0 Å². The second kappa shape index (κ2) is 5.17. The quantitative estimate of drug-likeness (QED) is 0.810. The molecule has 0 aliphatic carbocycles. The van der Waals surface area contributed by atoms with Crippen LogP contribution < -0.4 is 5.32 Å². The number of hydrogen-bond donors (Lipinski definition) is 1. The zero-order valence-corrected chi connectivity index (χ0v) is 9.91. The van der Waals surface area contributed by atoms with E-state index in [0.29, 0.717) is 17.2 Å². The van der Waals surface area contributed by atoms with Gasteiger partial charge in [-0.25, -0.2) is 24.7 Å². The number of esters is 1. The summed E-state index contributed by atoms with van der Waals surface area (Å²) in [5.74, 6) is -0.0369. The number of anilines is 2. The maximum Gasteiger partial charge on any atom is 0.358 e. The third-order valence-electron chi connectivity index (χ3n) is 2.13. The second-order valence-electron chi connectivity index (χ2n) is 3.42. The molecule has 0 radical (unpaired) electrons. The minimum Gasteiger partial charge on any atom is -0.464 e. The van der Waals surface area contributed by atoms with Gasteiger partial charge in [0.25, 0.3) is 0 Å². The number of nitrogens with zero attached hydrogens (tertiary/aromatic N) is 4. The largest absolute Gasteiger partial charge is 0.464 e. The molecule has 2 aromatic heterocycles. The van der Waals surface area contributed by atoms with E-state index >= 15 is 0 Å². The minimum absolute atomic E-state index is 0.175. The first-order valence-electron chi connectivity index (χ1n) is 5.14. The number of aryl methyl sites for hydroxylation is 1. The van der Waals surface area contributed by atoms with Crippen LogP contribution in [0.5, 0.6) is 0 Å². The van der Waals surface area contributed by atoms with Crippen molar-refractivity contribution in [1.82, 2.24) is 19.9 Å². The first-order chi connectivity index (χ1) is 8.70. The van der Waals surface area contributed by atoms with Crippen LogP contribution in [0.3, 0.4) is 0 Å². The highest BCUT2D eigenvalue weighted by Crippen LogP contribution is 2.18. The average molecular weight is 245 g/mol. The van der Waals surface area contributed by atoms with E-state index in [2.05, 4.69) is 30.0 Å². The Morgan fingerprint density at radius 1 is 1.28 bits per heavy atom. The van der Waals surface area contributed by atoms with Crippen LogP contribution in [0.4, 0.5) is 11.4 Å². The van der Waals surface area contributed by atoms with Gasteiger partial charge in [0.2, 0.25) is 0 Å². The molecule has 0 saturated carbocycles. The molecule has 0 bridgehead atoms. The van der Waals surface area contributed by atoms with Crippen molar-refractivity contribution < 1.29 is 9.53 Å². The molecule has 2 rings (SSSR count). The van der Waals surface area contributed by atoms with Crippen molar-refractivity contribution in [1.29, 1.82) is 0 Å². The highest BCUT2D eigenvalue weighted by molar-refractivity contribution is 5.94. The lowest BCUT2D eigenvalue weighted by Gasteiger charge is -2.09. The van der Waals surface area contributed by atoms with E-state index < -0.39 is 5.97 Å². The molecule has 2 aromatic rings. The van der Waals surface area contributed by atoms with Gasteiger partial charge in [-0.15, -0.1) is 0 Å². The zero-order chi connectivity index (χ0) is 13.0. The Bertz CT molecular complexity index is 559. The SMILES string of the molecule is COC(=O)c1nc(C)ncc1Nc1cncnc1.